The summed E-state index contributed by atoms with van der Waals surface area (Å²) in [5.74, 6) is -0.105. The summed E-state index contributed by atoms with van der Waals surface area (Å²) < 4.78 is 5.70. The maximum absolute atomic E-state index is 12.9. The minimum Gasteiger partial charge on any atom is -0.430 e. The van der Waals surface area contributed by atoms with E-state index in [4.69, 9.17) is 10.2 Å². The topological polar surface area (TPSA) is 96.4 Å². The third-order valence-corrected chi connectivity index (χ3v) is 7.27. The molecule has 1 amide bonds. The summed E-state index contributed by atoms with van der Waals surface area (Å²) in [6.07, 6.45) is 5.28. The van der Waals surface area contributed by atoms with Crippen molar-refractivity contribution in [3.63, 3.8) is 0 Å². The molecule has 32 heavy (non-hydrogen) atoms. The third kappa shape index (κ3) is 3.41. The van der Waals surface area contributed by atoms with E-state index in [0.717, 1.165) is 38.0 Å². The van der Waals surface area contributed by atoms with Gasteiger partial charge >= 0.3 is 0 Å². The molecule has 4 N–H and O–H groups in total. The van der Waals surface area contributed by atoms with Crippen LogP contribution in [0.3, 0.4) is 0 Å². The second-order valence-corrected chi connectivity index (χ2v) is 9.56. The number of pyridine rings is 1. The van der Waals surface area contributed by atoms with E-state index in [2.05, 4.69) is 38.7 Å². The minimum atomic E-state index is -0.264. The monoisotopic (exact) mass is 431 g/mol. The third-order valence-electron chi connectivity index (χ3n) is 7.27. The molecule has 0 radical (unpaired) electrons. The second kappa shape index (κ2) is 7.52. The average molecular weight is 432 g/mol. The predicted octanol–water partition coefficient (Wildman–Crippen LogP) is 2.95. The maximum Gasteiger partial charge on any atom is 0.289 e. The average Bonchev–Trinajstić information content (AvgIpc) is 3.30. The number of amides is 1. The van der Waals surface area contributed by atoms with Gasteiger partial charge in [0.15, 0.2) is 0 Å². The lowest BCUT2D eigenvalue weighted by atomic mass is 9.87. The molecule has 3 aromatic rings. The number of carbonyl (C=O) groups excluding carboxylic acids is 1. The zero-order valence-electron chi connectivity index (χ0n) is 18.4. The van der Waals surface area contributed by atoms with E-state index < -0.39 is 0 Å². The zero-order valence-corrected chi connectivity index (χ0v) is 18.4. The van der Waals surface area contributed by atoms with Gasteiger partial charge in [0, 0.05) is 42.6 Å². The highest BCUT2D eigenvalue weighted by atomic mass is 16.4. The van der Waals surface area contributed by atoms with Gasteiger partial charge in [-0.05, 0) is 74.4 Å². The molecule has 2 bridgehead atoms. The van der Waals surface area contributed by atoms with Crippen molar-refractivity contribution in [2.75, 3.05) is 23.7 Å². The van der Waals surface area contributed by atoms with Crippen molar-refractivity contribution in [2.24, 2.45) is 0 Å². The van der Waals surface area contributed by atoms with Crippen LogP contribution in [0.2, 0.25) is 0 Å². The molecule has 2 saturated heterocycles. The van der Waals surface area contributed by atoms with E-state index in [1.54, 1.807) is 0 Å². The number of nitrogens with zero attached hydrogens (tertiary/aromatic N) is 2. The van der Waals surface area contributed by atoms with Crippen molar-refractivity contribution in [3.8, 4) is 0 Å². The smallest absolute Gasteiger partial charge is 0.289 e. The van der Waals surface area contributed by atoms with E-state index in [1.807, 2.05) is 19.1 Å². The van der Waals surface area contributed by atoms with Crippen molar-refractivity contribution >= 4 is 28.4 Å². The Bertz CT molecular complexity index is 1190. The fourth-order valence-corrected chi connectivity index (χ4v) is 5.58. The Balaban J connectivity index is 1.16. The van der Waals surface area contributed by atoms with E-state index in [9.17, 15) is 4.79 Å². The number of benzene rings is 1. The lowest BCUT2D eigenvalue weighted by Gasteiger charge is -2.35. The van der Waals surface area contributed by atoms with Gasteiger partial charge in [0.1, 0.15) is 0 Å². The summed E-state index contributed by atoms with van der Waals surface area (Å²) in [5.41, 5.74) is 11.8. The second-order valence-electron chi connectivity index (χ2n) is 9.56. The first-order valence-corrected chi connectivity index (χ1v) is 11.6. The minimum absolute atomic E-state index is 0.0678. The molecule has 4 heterocycles. The molecule has 0 saturated carbocycles. The van der Waals surface area contributed by atoms with Crippen molar-refractivity contribution in [1.82, 2.24) is 15.6 Å². The van der Waals surface area contributed by atoms with Crippen molar-refractivity contribution < 1.29 is 9.21 Å². The zero-order chi connectivity index (χ0) is 21.8. The quantitative estimate of drug-likeness (QED) is 0.590. The van der Waals surface area contributed by atoms with Crippen LogP contribution in [0.15, 0.2) is 34.7 Å². The van der Waals surface area contributed by atoms with Gasteiger partial charge in [-0.25, -0.2) is 4.98 Å². The molecule has 2 unspecified atom stereocenters. The van der Waals surface area contributed by atoms with E-state index >= 15 is 0 Å². The highest BCUT2D eigenvalue weighted by molar-refractivity contribution is 6.04. The van der Waals surface area contributed by atoms with Crippen LogP contribution in [0.5, 0.6) is 0 Å². The highest BCUT2D eigenvalue weighted by Gasteiger charge is 2.32. The van der Waals surface area contributed by atoms with E-state index in [1.165, 1.54) is 29.7 Å². The Hall–Kier alpha value is -3.06. The molecular formula is C25H29N5O2. The molecule has 2 aliphatic heterocycles. The van der Waals surface area contributed by atoms with Gasteiger partial charge < -0.3 is 25.7 Å². The van der Waals surface area contributed by atoms with Crippen molar-refractivity contribution in [3.05, 3.63) is 52.9 Å². The summed E-state index contributed by atoms with van der Waals surface area (Å²) in [6.45, 7) is 4.08. The summed E-state index contributed by atoms with van der Waals surface area (Å²) in [4.78, 5) is 19.8. The van der Waals surface area contributed by atoms with Gasteiger partial charge in [0.2, 0.25) is 11.5 Å². The lowest BCUT2D eigenvalue weighted by Crippen LogP contribution is -2.51. The Morgan fingerprint density at radius 1 is 1.16 bits per heavy atom. The number of hydrogen-bond acceptors (Lipinski definition) is 6. The van der Waals surface area contributed by atoms with Crippen LogP contribution in [-0.4, -0.2) is 42.1 Å². The lowest BCUT2D eigenvalue weighted by molar-refractivity contribution is 0.0908. The normalized spacial score (nSPS) is 24.5. The molecule has 6 rings (SSSR count). The number of anilines is 2. The Morgan fingerprint density at radius 2 is 1.97 bits per heavy atom. The first-order chi connectivity index (χ1) is 15.5. The number of carbonyl (C=O) groups is 1. The first kappa shape index (κ1) is 19.6. The van der Waals surface area contributed by atoms with Crippen LogP contribution in [-0.2, 0) is 12.8 Å². The number of furan rings is 1. The molecule has 1 aromatic carbocycles. The van der Waals surface area contributed by atoms with E-state index in [-0.39, 0.29) is 17.7 Å². The molecule has 3 aliphatic rings. The number of hydrogen-bond donors (Lipinski definition) is 3. The molecule has 7 heteroatoms. The molecule has 166 valence electrons. The molecule has 0 spiro atoms. The first-order valence-electron chi connectivity index (χ1n) is 11.6. The van der Waals surface area contributed by atoms with Crippen LogP contribution >= 0.6 is 0 Å². The van der Waals surface area contributed by atoms with Crippen LogP contribution in [0.1, 0.15) is 46.6 Å². The number of nitrogen functional groups attached to an aromatic ring is 1. The number of piperazine rings is 1. The van der Waals surface area contributed by atoms with Crippen LogP contribution in [0.4, 0.5) is 11.4 Å². The number of nitrogens with one attached hydrogen (secondary N) is 2. The Kier molecular flexibility index (Phi) is 4.61. The van der Waals surface area contributed by atoms with Gasteiger partial charge in [0.25, 0.3) is 5.91 Å². The summed E-state index contributed by atoms with van der Waals surface area (Å²) in [6, 6.07) is 11.9. The fraction of sp³-hybridized carbons (Fsp3) is 0.440. The SMILES string of the molecule is Cc1ccc2c(N)c(C(=O)N[C@H]3CCc4cc(N5CC6CCC(C5)N6)ccc4C3)oc2n1. The maximum atomic E-state index is 12.9. The van der Waals surface area contributed by atoms with Crippen molar-refractivity contribution in [2.45, 2.75) is 57.2 Å². The largest absolute Gasteiger partial charge is 0.430 e. The van der Waals surface area contributed by atoms with Crippen LogP contribution in [0.25, 0.3) is 11.1 Å². The number of rotatable bonds is 3. The number of nitrogens with two attached hydrogens (primary N) is 1. The van der Waals surface area contributed by atoms with Gasteiger partial charge in [-0.15, -0.1) is 0 Å². The summed E-state index contributed by atoms with van der Waals surface area (Å²) >= 11 is 0. The Labute approximate surface area is 187 Å². The Morgan fingerprint density at radius 3 is 2.78 bits per heavy atom. The van der Waals surface area contributed by atoms with Gasteiger partial charge in [-0.3, -0.25) is 4.79 Å². The number of aryl methyl sites for hydroxylation is 2. The molecule has 1 aliphatic carbocycles. The molecule has 7 nitrogen and oxygen atoms in total. The molecular weight excluding hydrogens is 402 g/mol. The summed E-state index contributed by atoms with van der Waals surface area (Å²) in [7, 11) is 0. The summed E-state index contributed by atoms with van der Waals surface area (Å²) in [5, 5.41) is 7.52. The van der Waals surface area contributed by atoms with Crippen molar-refractivity contribution in [1.29, 1.82) is 0 Å². The van der Waals surface area contributed by atoms with E-state index in [0.29, 0.717) is 28.9 Å². The molecule has 3 atom stereocenters. The highest BCUT2D eigenvalue weighted by Crippen LogP contribution is 2.31. The van der Waals surface area contributed by atoms with Gasteiger partial charge in [-0.2, -0.15) is 0 Å². The molecule has 2 aromatic heterocycles. The standard InChI is InChI=1S/C25H29N5O2/c1-14-2-9-21-22(26)23(32-25(21)27-14)24(31)29-17-5-3-16-11-20(8-4-15(16)10-17)30-12-18-6-7-19(13-30)28-18/h2,4,8-9,11,17-19,28H,3,5-7,10,12-13,26H2,1H3,(H,29,31)/t17-,18?,19?/m0/s1. The van der Waals surface area contributed by atoms with Crippen LogP contribution in [0, 0.1) is 6.92 Å². The number of fused-ring (bicyclic) bond motifs is 4. The van der Waals surface area contributed by atoms with Gasteiger partial charge in [0.05, 0.1) is 11.1 Å². The fourth-order valence-electron chi connectivity index (χ4n) is 5.58. The van der Waals surface area contributed by atoms with Crippen LogP contribution < -0.4 is 21.3 Å². The molecule has 2 fully saturated rings. The van der Waals surface area contributed by atoms with Gasteiger partial charge in [-0.1, -0.05) is 6.07 Å². The predicted molar refractivity (Wildman–Crippen MR) is 125 cm³/mol. The number of aromatic nitrogens is 1.